The molecule has 1 aromatic carbocycles. The molecule has 2 aromatic heterocycles. The number of rotatable bonds is 5. The molecular weight excluding hydrogens is 437 g/mol. The topological polar surface area (TPSA) is 63.5 Å². The van der Waals surface area contributed by atoms with Crippen molar-refractivity contribution in [3.05, 3.63) is 58.3 Å². The van der Waals surface area contributed by atoms with Crippen LogP contribution in [0.5, 0.6) is 5.75 Å². The van der Waals surface area contributed by atoms with Crippen LogP contribution in [0.4, 0.5) is 5.69 Å². The molecule has 3 heterocycles. The molecule has 0 bridgehead atoms. The Morgan fingerprint density at radius 3 is 2.58 bits per heavy atom. The zero-order chi connectivity index (χ0) is 22.0. The number of benzene rings is 1. The largest absolute Gasteiger partial charge is 0.495 e. The van der Waals surface area contributed by atoms with Gasteiger partial charge in [0.1, 0.15) is 18.0 Å². The van der Waals surface area contributed by atoms with Gasteiger partial charge in [0.05, 0.1) is 28.5 Å². The van der Waals surface area contributed by atoms with Crippen LogP contribution in [0.1, 0.15) is 5.69 Å². The number of ether oxygens (including phenoxy) is 1. The highest BCUT2D eigenvalue weighted by atomic mass is 35.5. The van der Waals surface area contributed by atoms with Gasteiger partial charge in [0.2, 0.25) is 5.91 Å². The molecule has 1 aliphatic rings. The van der Waals surface area contributed by atoms with Gasteiger partial charge in [-0.1, -0.05) is 29.3 Å². The lowest BCUT2D eigenvalue weighted by Gasteiger charge is -2.36. The Morgan fingerprint density at radius 2 is 1.90 bits per heavy atom. The number of anilines is 1. The van der Waals surface area contributed by atoms with Crippen molar-refractivity contribution in [2.45, 2.75) is 13.5 Å². The number of methoxy groups -OCH3 is 1. The van der Waals surface area contributed by atoms with Crippen molar-refractivity contribution in [2.75, 3.05) is 38.2 Å². The van der Waals surface area contributed by atoms with Gasteiger partial charge in [-0.15, -0.1) is 0 Å². The average molecular weight is 460 g/mol. The van der Waals surface area contributed by atoms with E-state index in [2.05, 4.69) is 15.0 Å². The normalized spacial score (nSPS) is 14.1. The molecule has 0 aliphatic carbocycles. The fourth-order valence-corrected chi connectivity index (χ4v) is 4.06. The summed E-state index contributed by atoms with van der Waals surface area (Å²) in [6.45, 7) is 4.73. The van der Waals surface area contributed by atoms with Crippen LogP contribution in [0.3, 0.4) is 0 Å². The first-order valence-corrected chi connectivity index (χ1v) is 10.7. The molecule has 0 N–H and O–H groups in total. The van der Waals surface area contributed by atoms with E-state index in [0.717, 1.165) is 24.5 Å². The van der Waals surface area contributed by atoms with E-state index in [4.69, 9.17) is 27.9 Å². The Bertz CT molecular complexity index is 1080. The summed E-state index contributed by atoms with van der Waals surface area (Å²) in [5, 5.41) is 5.65. The molecule has 0 unspecified atom stereocenters. The summed E-state index contributed by atoms with van der Waals surface area (Å²) < 4.78 is 6.97. The Kier molecular flexibility index (Phi) is 6.34. The Balaban J connectivity index is 1.41. The van der Waals surface area contributed by atoms with Crippen molar-refractivity contribution in [1.82, 2.24) is 19.7 Å². The van der Waals surface area contributed by atoms with Crippen molar-refractivity contribution in [3.8, 4) is 17.1 Å². The molecular formula is C22H23Cl2N5O2. The lowest BCUT2D eigenvalue weighted by atomic mass is 10.2. The first-order chi connectivity index (χ1) is 15.0. The average Bonchev–Trinajstić information content (AvgIpc) is 3.08. The van der Waals surface area contributed by atoms with E-state index in [1.807, 2.05) is 48.2 Å². The summed E-state index contributed by atoms with van der Waals surface area (Å²) in [7, 11) is 1.60. The van der Waals surface area contributed by atoms with Gasteiger partial charge in [0, 0.05) is 44.1 Å². The molecule has 31 heavy (non-hydrogen) atoms. The molecule has 162 valence electrons. The second-order valence-corrected chi connectivity index (χ2v) is 8.09. The van der Waals surface area contributed by atoms with E-state index in [1.54, 1.807) is 18.0 Å². The molecule has 1 amide bonds. The number of amides is 1. The number of halogens is 2. The zero-order valence-electron chi connectivity index (χ0n) is 17.4. The van der Waals surface area contributed by atoms with E-state index in [9.17, 15) is 4.79 Å². The molecule has 0 radical (unpaired) electrons. The van der Waals surface area contributed by atoms with Crippen LogP contribution in [0.2, 0.25) is 10.0 Å². The second-order valence-electron chi connectivity index (χ2n) is 7.31. The highest BCUT2D eigenvalue weighted by molar-refractivity contribution is 6.33. The van der Waals surface area contributed by atoms with Gasteiger partial charge in [0.25, 0.3) is 0 Å². The molecule has 1 fully saturated rings. The van der Waals surface area contributed by atoms with Crippen LogP contribution >= 0.6 is 23.2 Å². The smallest absolute Gasteiger partial charge is 0.244 e. The minimum Gasteiger partial charge on any atom is -0.495 e. The molecule has 7 nitrogen and oxygen atoms in total. The number of nitrogens with zero attached hydrogens (tertiary/aromatic N) is 5. The number of carbonyl (C=O) groups is 1. The highest BCUT2D eigenvalue weighted by Gasteiger charge is 2.24. The third-order valence-corrected chi connectivity index (χ3v) is 6.22. The van der Waals surface area contributed by atoms with Crippen molar-refractivity contribution in [1.29, 1.82) is 0 Å². The lowest BCUT2D eigenvalue weighted by molar-refractivity contribution is -0.132. The monoisotopic (exact) mass is 459 g/mol. The molecule has 3 aromatic rings. The third-order valence-electron chi connectivity index (χ3n) is 5.46. The number of aromatic nitrogens is 3. The number of hydrogen-bond acceptors (Lipinski definition) is 5. The van der Waals surface area contributed by atoms with Crippen molar-refractivity contribution in [2.24, 2.45) is 0 Å². The van der Waals surface area contributed by atoms with E-state index in [-0.39, 0.29) is 12.5 Å². The SMILES string of the molecule is COc1cc(N2CCN(C(=O)Cn3nc(-c4ccccn4)c(Cl)c3C)CC2)ccc1Cl. The molecule has 0 atom stereocenters. The summed E-state index contributed by atoms with van der Waals surface area (Å²) in [6, 6.07) is 11.3. The van der Waals surface area contributed by atoms with E-state index in [0.29, 0.717) is 40.3 Å². The maximum atomic E-state index is 12.9. The van der Waals surface area contributed by atoms with Crippen LogP contribution in [0, 0.1) is 6.92 Å². The number of pyridine rings is 1. The van der Waals surface area contributed by atoms with E-state index < -0.39 is 0 Å². The van der Waals surface area contributed by atoms with Gasteiger partial charge in [-0.3, -0.25) is 14.5 Å². The van der Waals surface area contributed by atoms with Gasteiger partial charge < -0.3 is 14.5 Å². The van der Waals surface area contributed by atoms with Crippen molar-refractivity contribution >= 4 is 34.8 Å². The molecule has 1 saturated heterocycles. The van der Waals surface area contributed by atoms with Crippen LogP contribution in [0.25, 0.3) is 11.4 Å². The van der Waals surface area contributed by atoms with Gasteiger partial charge in [-0.25, -0.2) is 0 Å². The minimum atomic E-state index is 0.0168. The van der Waals surface area contributed by atoms with Gasteiger partial charge in [0.15, 0.2) is 0 Å². The van der Waals surface area contributed by atoms with Crippen molar-refractivity contribution in [3.63, 3.8) is 0 Å². The third kappa shape index (κ3) is 4.48. The standard InChI is InChI=1S/C22H23Cl2N5O2/c1-15-21(24)22(18-5-3-4-8-25-18)26-29(15)14-20(30)28-11-9-27(10-12-28)16-6-7-17(23)19(13-16)31-2/h3-8,13H,9-12,14H2,1-2H3. The first kappa shape index (κ1) is 21.5. The number of piperazine rings is 1. The lowest BCUT2D eigenvalue weighted by Crippen LogP contribution is -2.49. The fraction of sp³-hybridized carbons (Fsp3) is 0.318. The Hall–Kier alpha value is -2.77. The summed E-state index contributed by atoms with van der Waals surface area (Å²) >= 11 is 12.6. The summed E-state index contributed by atoms with van der Waals surface area (Å²) in [6.07, 6.45) is 1.70. The molecule has 1 aliphatic heterocycles. The summed E-state index contributed by atoms with van der Waals surface area (Å²) in [5.41, 5.74) is 3.06. The Morgan fingerprint density at radius 1 is 1.13 bits per heavy atom. The number of carbonyl (C=O) groups excluding carboxylic acids is 1. The maximum absolute atomic E-state index is 12.9. The molecule has 4 rings (SSSR count). The van der Waals surface area contributed by atoms with E-state index >= 15 is 0 Å². The zero-order valence-corrected chi connectivity index (χ0v) is 18.9. The van der Waals surface area contributed by atoms with Crippen LogP contribution in [-0.2, 0) is 11.3 Å². The minimum absolute atomic E-state index is 0.0168. The second kappa shape index (κ2) is 9.16. The summed E-state index contributed by atoms with van der Waals surface area (Å²) in [4.78, 5) is 21.3. The number of hydrogen-bond donors (Lipinski definition) is 0. The van der Waals surface area contributed by atoms with Gasteiger partial charge >= 0.3 is 0 Å². The van der Waals surface area contributed by atoms with Gasteiger partial charge in [-0.2, -0.15) is 5.10 Å². The van der Waals surface area contributed by atoms with Crippen molar-refractivity contribution < 1.29 is 9.53 Å². The first-order valence-electron chi connectivity index (χ1n) is 9.98. The molecule has 9 heteroatoms. The Labute approximate surface area is 191 Å². The fourth-order valence-electron chi connectivity index (χ4n) is 3.63. The maximum Gasteiger partial charge on any atom is 0.244 e. The predicted molar refractivity (Wildman–Crippen MR) is 122 cm³/mol. The van der Waals surface area contributed by atoms with Crippen LogP contribution in [-0.4, -0.2) is 58.9 Å². The van der Waals surface area contributed by atoms with Crippen LogP contribution < -0.4 is 9.64 Å². The highest BCUT2D eigenvalue weighted by Crippen LogP contribution is 2.30. The molecule has 0 saturated carbocycles. The predicted octanol–water partition coefficient (Wildman–Crippen LogP) is 3.92. The van der Waals surface area contributed by atoms with Gasteiger partial charge in [-0.05, 0) is 31.2 Å². The quantitative estimate of drug-likeness (QED) is 0.578. The van der Waals surface area contributed by atoms with E-state index in [1.165, 1.54) is 0 Å². The molecule has 0 spiro atoms. The summed E-state index contributed by atoms with van der Waals surface area (Å²) in [5.74, 6) is 0.663. The van der Waals surface area contributed by atoms with Crippen LogP contribution in [0.15, 0.2) is 42.6 Å².